The molecule has 0 aliphatic carbocycles. The van der Waals surface area contributed by atoms with E-state index in [0.29, 0.717) is 17.2 Å². The van der Waals surface area contributed by atoms with Crippen molar-refractivity contribution in [2.75, 3.05) is 20.2 Å². The highest BCUT2D eigenvalue weighted by Gasteiger charge is 2.29. The molecule has 2 aliphatic rings. The molecule has 5 nitrogen and oxygen atoms in total. The lowest BCUT2D eigenvalue weighted by Gasteiger charge is -2.31. The first-order valence-corrected chi connectivity index (χ1v) is 9.19. The number of hydrogen-bond donors (Lipinski definition) is 0. The lowest BCUT2D eigenvalue weighted by Crippen LogP contribution is -2.30. The molecule has 0 aromatic heterocycles. The summed E-state index contributed by atoms with van der Waals surface area (Å²) in [7, 11) is 1.62. The molecule has 2 aromatic rings. The Morgan fingerprint density at radius 2 is 1.78 bits per heavy atom. The van der Waals surface area contributed by atoms with Gasteiger partial charge in [-0.3, -0.25) is 0 Å². The molecular formula is C22H22N2O3. The van der Waals surface area contributed by atoms with Gasteiger partial charge in [-0.25, -0.2) is 4.79 Å². The van der Waals surface area contributed by atoms with Crippen LogP contribution < -0.4 is 4.74 Å². The molecule has 27 heavy (non-hydrogen) atoms. The van der Waals surface area contributed by atoms with Gasteiger partial charge in [-0.1, -0.05) is 35.5 Å². The van der Waals surface area contributed by atoms with E-state index < -0.39 is 5.97 Å². The van der Waals surface area contributed by atoms with Gasteiger partial charge in [-0.05, 0) is 48.6 Å². The van der Waals surface area contributed by atoms with E-state index in [1.807, 2.05) is 30.5 Å². The first-order valence-electron chi connectivity index (χ1n) is 9.19. The van der Waals surface area contributed by atoms with E-state index in [4.69, 9.17) is 9.57 Å². The number of hydrogen-bond acceptors (Lipinski definition) is 5. The van der Waals surface area contributed by atoms with Crippen LogP contribution in [0.5, 0.6) is 5.75 Å². The van der Waals surface area contributed by atoms with Gasteiger partial charge >= 0.3 is 5.97 Å². The number of piperidine rings is 1. The summed E-state index contributed by atoms with van der Waals surface area (Å²) in [4.78, 5) is 19.3. The van der Waals surface area contributed by atoms with Crippen LogP contribution in [-0.4, -0.2) is 36.8 Å². The molecule has 0 unspecified atom stereocenters. The van der Waals surface area contributed by atoms with Gasteiger partial charge in [0.2, 0.25) is 0 Å². The van der Waals surface area contributed by atoms with Crippen molar-refractivity contribution in [3.8, 4) is 5.75 Å². The van der Waals surface area contributed by atoms with Crippen LogP contribution in [0.15, 0.2) is 71.5 Å². The van der Waals surface area contributed by atoms with Crippen molar-refractivity contribution in [1.29, 1.82) is 0 Å². The Hall–Kier alpha value is -3.08. The van der Waals surface area contributed by atoms with Crippen LogP contribution in [0.3, 0.4) is 0 Å². The molecule has 0 bridgehead atoms. The molecule has 2 aromatic carbocycles. The minimum Gasteiger partial charge on any atom is -0.497 e. The average molecular weight is 362 g/mol. The third kappa shape index (κ3) is 3.72. The van der Waals surface area contributed by atoms with Gasteiger partial charge in [0.25, 0.3) is 0 Å². The van der Waals surface area contributed by atoms with Gasteiger partial charge in [0.15, 0.2) is 0 Å². The van der Waals surface area contributed by atoms with E-state index in [1.54, 1.807) is 7.11 Å². The van der Waals surface area contributed by atoms with Gasteiger partial charge in [-0.15, -0.1) is 0 Å². The summed E-state index contributed by atoms with van der Waals surface area (Å²) in [5.74, 6) is 0.940. The van der Waals surface area contributed by atoms with Crippen molar-refractivity contribution in [3.05, 3.63) is 77.5 Å². The molecule has 0 saturated carbocycles. The zero-order valence-electron chi connectivity index (χ0n) is 15.3. The molecule has 0 N–H and O–H groups in total. The average Bonchev–Trinajstić information content (AvgIpc) is 3.09. The van der Waals surface area contributed by atoms with Gasteiger partial charge in [0.1, 0.15) is 17.0 Å². The van der Waals surface area contributed by atoms with Gasteiger partial charge in [-0.2, -0.15) is 0 Å². The molecule has 2 aliphatic heterocycles. The van der Waals surface area contributed by atoms with Crippen LogP contribution in [0.25, 0.3) is 0 Å². The number of carbonyl (C=O) groups is 1. The lowest BCUT2D eigenvalue weighted by atomic mass is 9.89. The zero-order valence-corrected chi connectivity index (χ0v) is 15.3. The van der Waals surface area contributed by atoms with Gasteiger partial charge in [0, 0.05) is 24.9 Å². The summed E-state index contributed by atoms with van der Waals surface area (Å²) >= 11 is 0. The number of likely N-dealkylation sites (tertiary alicyclic amines) is 1. The number of benzene rings is 2. The number of oxime groups is 1. The molecule has 5 heteroatoms. The molecule has 0 amide bonds. The Morgan fingerprint density at radius 3 is 2.44 bits per heavy atom. The molecule has 1 fully saturated rings. The summed E-state index contributed by atoms with van der Waals surface area (Å²) in [6, 6.07) is 18.1. The van der Waals surface area contributed by atoms with Gasteiger partial charge in [0.05, 0.1) is 7.11 Å². The summed E-state index contributed by atoms with van der Waals surface area (Å²) in [5.41, 5.74) is 3.32. The molecule has 138 valence electrons. The van der Waals surface area contributed by atoms with E-state index in [-0.39, 0.29) is 0 Å². The molecule has 0 atom stereocenters. The second kappa shape index (κ2) is 7.66. The normalized spacial score (nSPS) is 19.1. The molecule has 4 rings (SSSR count). The van der Waals surface area contributed by atoms with Crippen LogP contribution in [0.2, 0.25) is 0 Å². The highest BCUT2D eigenvalue weighted by molar-refractivity contribution is 6.28. The summed E-state index contributed by atoms with van der Waals surface area (Å²) in [6.07, 6.45) is 4.04. The van der Waals surface area contributed by atoms with Crippen molar-refractivity contribution in [3.63, 3.8) is 0 Å². The number of ether oxygens (including phenoxy) is 1. The SMILES string of the molecule is COc1ccc(C2=NOC(=O)/C2=C\N2CCC(c3ccccc3)CC2)cc1. The number of rotatable bonds is 4. The van der Waals surface area contributed by atoms with Crippen molar-refractivity contribution in [1.82, 2.24) is 4.90 Å². The van der Waals surface area contributed by atoms with Crippen LogP contribution in [0.1, 0.15) is 29.9 Å². The van der Waals surface area contributed by atoms with Crippen LogP contribution in [-0.2, 0) is 9.63 Å². The van der Waals surface area contributed by atoms with E-state index in [1.165, 1.54) is 5.56 Å². The first kappa shape index (κ1) is 17.3. The minimum absolute atomic E-state index is 0.397. The minimum atomic E-state index is -0.397. The summed E-state index contributed by atoms with van der Waals surface area (Å²) < 4.78 is 5.19. The Bertz CT molecular complexity index is 864. The first-order chi connectivity index (χ1) is 13.2. The Morgan fingerprint density at radius 1 is 1.07 bits per heavy atom. The summed E-state index contributed by atoms with van der Waals surface area (Å²) in [5, 5.41) is 3.98. The van der Waals surface area contributed by atoms with Crippen molar-refractivity contribution >= 4 is 11.7 Å². The highest BCUT2D eigenvalue weighted by atomic mass is 16.7. The Kier molecular flexibility index (Phi) is 4.92. The third-order valence-electron chi connectivity index (χ3n) is 5.17. The second-order valence-corrected chi connectivity index (χ2v) is 6.81. The smallest absolute Gasteiger partial charge is 0.369 e. The summed E-state index contributed by atoms with van der Waals surface area (Å²) in [6.45, 7) is 1.82. The maximum absolute atomic E-state index is 12.2. The topological polar surface area (TPSA) is 51.1 Å². The fraction of sp³-hybridized carbons (Fsp3) is 0.273. The third-order valence-corrected chi connectivity index (χ3v) is 5.17. The lowest BCUT2D eigenvalue weighted by molar-refractivity contribution is -0.136. The Balaban J connectivity index is 1.47. The van der Waals surface area contributed by atoms with Gasteiger partial charge < -0.3 is 14.5 Å². The van der Waals surface area contributed by atoms with Crippen molar-refractivity contribution < 1.29 is 14.4 Å². The van der Waals surface area contributed by atoms with E-state index >= 15 is 0 Å². The predicted molar refractivity (Wildman–Crippen MR) is 104 cm³/mol. The second-order valence-electron chi connectivity index (χ2n) is 6.81. The quantitative estimate of drug-likeness (QED) is 0.614. The van der Waals surface area contributed by atoms with E-state index in [9.17, 15) is 4.79 Å². The molecule has 0 spiro atoms. The standard InChI is InChI=1S/C22H22N2O3/c1-26-19-9-7-18(8-10-19)21-20(22(25)27-23-21)15-24-13-11-17(12-14-24)16-5-3-2-4-6-16/h2-10,15,17H,11-14H2,1H3/b20-15-. The maximum atomic E-state index is 12.2. The zero-order chi connectivity index (χ0) is 18.6. The van der Waals surface area contributed by atoms with Crippen LogP contribution in [0.4, 0.5) is 0 Å². The number of carbonyl (C=O) groups excluding carboxylic acids is 1. The van der Waals surface area contributed by atoms with Crippen molar-refractivity contribution in [2.45, 2.75) is 18.8 Å². The van der Waals surface area contributed by atoms with Crippen molar-refractivity contribution in [2.24, 2.45) is 5.16 Å². The number of methoxy groups -OCH3 is 1. The maximum Gasteiger partial charge on any atom is 0.369 e. The van der Waals surface area contributed by atoms with Crippen LogP contribution in [0, 0.1) is 0 Å². The fourth-order valence-corrected chi connectivity index (χ4v) is 3.62. The number of nitrogens with zero attached hydrogens (tertiary/aromatic N) is 2. The van der Waals surface area contributed by atoms with Crippen LogP contribution >= 0.6 is 0 Å². The predicted octanol–water partition coefficient (Wildman–Crippen LogP) is 3.72. The van der Waals surface area contributed by atoms with E-state index in [2.05, 4.69) is 40.4 Å². The molecule has 0 radical (unpaired) electrons. The fourth-order valence-electron chi connectivity index (χ4n) is 3.62. The molecule has 2 heterocycles. The highest BCUT2D eigenvalue weighted by Crippen LogP contribution is 2.29. The molecule has 1 saturated heterocycles. The Labute approximate surface area is 158 Å². The monoisotopic (exact) mass is 362 g/mol. The van der Waals surface area contributed by atoms with E-state index in [0.717, 1.165) is 37.2 Å². The molecular weight excluding hydrogens is 340 g/mol. The largest absolute Gasteiger partial charge is 0.497 e.